The van der Waals surface area contributed by atoms with Gasteiger partial charge in [-0.15, -0.1) is 6.42 Å². The number of carbonyl (C=O) groups excluding carboxylic acids is 1. The highest BCUT2D eigenvalue weighted by molar-refractivity contribution is 7.16. The maximum Gasteiger partial charge on any atom is 0.270 e. The lowest BCUT2D eigenvalue weighted by atomic mass is 10.2. The van der Waals surface area contributed by atoms with Crippen LogP contribution < -0.4 is 4.80 Å². The van der Waals surface area contributed by atoms with Crippen molar-refractivity contribution < 1.29 is 4.79 Å². The van der Waals surface area contributed by atoms with Gasteiger partial charge in [-0.25, -0.2) is 0 Å². The van der Waals surface area contributed by atoms with Gasteiger partial charge in [-0.3, -0.25) is 9.48 Å². The molecule has 3 rings (SSSR count). The molecule has 128 valence electrons. The molecule has 0 saturated heterocycles. The zero-order valence-electron chi connectivity index (χ0n) is 14.6. The van der Waals surface area contributed by atoms with Crippen LogP contribution in [0.25, 0.3) is 10.2 Å². The molecular weight excluding hydrogens is 332 g/mol. The Balaban J connectivity index is 2.02. The Hall–Kier alpha value is -2.65. The van der Waals surface area contributed by atoms with Gasteiger partial charge in [0.1, 0.15) is 6.54 Å². The molecule has 0 bridgehead atoms. The Morgan fingerprint density at radius 3 is 2.80 bits per heavy atom. The first-order chi connectivity index (χ1) is 12.0. The maximum atomic E-state index is 12.4. The lowest BCUT2D eigenvalue weighted by Gasteiger charge is -2.02. The predicted octanol–water partition coefficient (Wildman–Crippen LogP) is 2.84. The van der Waals surface area contributed by atoms with Gasteiger partial charge in [0.2, 0.25) is 0 Å². The molecule has 25 heavy (non-hydrogen) atoms. The van der Waals surface area contributed by atoms with Gasteiger partial charge in [-0.2, -0.15) is 10.1 Å². The number of hydrogen-bond donors (Lipinski definition) is 0. The average molecular weight is 352 g/mol. The molecule has 0 spiro atoms. The minimum Gasteiger partial charge on any atom is -0.305 e. The normalized spacial score (nSPS) is 11.8. The van der Waals surface area contributed by atoms with Gasteiger partial charge in [0.15, 0.2) is 4.80 Å². The number of carbonyl (C=O) groups is 1. The molecule has 0 fully saturated rings. The third kappa shape index (κ3) is 3.57. The Bertz CT molecular complexity index is 1050. The van der Waals surface area contributed by atoms with Crippen LogP contribution in [0.4, 0.5) is 0 Å². The largest absolute Gasteiger partial charge is 0.305 e. The van der Waals surface area contributed by atoms with Crippen molar-refractivity contribution in [2.24, 2.45) is 4.99 Å². The summed E-state index contributed by atoms with van der Waals surface area (Å²) in [6.45, 7) is 6.47. The third-order valence-corrected chi connectivity index (χ3v) is 5.05. The zero-order valence-corrected chi connectivity index (χ0v) is 15.4. The minimum absolute atomic E-state index is 0.129. The summed E-state index contributed by atoms with van der Waals surface area (Å²) in [6, 6.07) is 8.21. The molecule has 0 radical (unpaired) electrons. The van der Waals surface area contributed by atoms with Crippen LogP contribution in [-0.2, 0) is 24.3 Å². The van der Waals surface area contributed by atoms with Crippen LogP contribution in [0.15, 0.2) is 29.3 Å². The van der Waals surface area contributed by atoms with Crippen LogP contribution in [0, 0.1) is 26.2 Å². The van der Waals surface area contributed by atoms with Crippen LogP contribution in [0.1, 0.15) is 23.9 Å². The van der Waals surface area contributed by atoms with Crippen LogP contribution in [0.5, 0.6) is 0 Å². The fourth-order valence-electron chi connectivity index (χ4n) is 2.77. The van der Waals surface area contributed by atoms with Crippen molar-refractivity contribution >= 4 is 27.5 Å². The summed E-state index contributed by atoms with van der Waals surface area (Å²) in [4.78, 5) is 17.3. The van der Waals surface area contributed by atoms with Crippen LogP contribution in [-0.4, -0.2) is 20.3 Å². The summed E-state index contributed by atoms with van der Waals surface area (Å²) in [5.41, 5.74) is 4.10. The smallest absolute Gasteiger partial charge is 0.270 e. The first-order valence-corrected chi connectivity index (χ1v) is 8.97. The third-order valence-electron chi connectivity index (χ3n) is 4.01. The molecule has 5 nitrogen and oxygen atoms in total. The number of benzene rings is 1. The molecule has 0 aliphatic rings. The van der Waals surface area contributed by atoms with Crippen molar-refractivity contribution in [1.29, 1.82) is 0 Å². The van der Waals surface area contributed by atoms with Gasteiger partial charge in [0.05, 0.1) is 22.5 Å². The number of aromatic nitrogens is 3. The van der Waals surface area contributed by atoms with E-state index in [1.54, 1.807) is 4.68 Å². The average Bonchev–Trinajstić information content (AvgIpc) is 3.06. The van der Waals surface area contributed by atoms with Crippen molar-refractivity contribution in [3.05, 3.63) is 46.0 Å². The summed E-state index contributed by atoms with van der Waals surface area (Å²) in [6.07, 6.45) is 6.47. The number of rotatable bonds is 4. The summed E-state index contributed by atoms with van der Waals surface area (Å²) in [5, 5.41) is 4.32. The molecule has 0 saturated carbocycles. The number of aryl methyl sites for hydroxylation is 3. The first kappa shape index (κ1) is 17.2. The molecule has 1 aromatic carbocycles. The number of thiazole rings is 1. The van der Waals surface area contributed by atoms with E-state index in [-0.39, 0.29) is 12.5 Å². The second kappa shape index (κ2) is 7.08. The first-order valence-electron chi connectivity index (χ1n) is 8.16. The van der Waals surface area contributed by atoms with Gasteiger partial charge < -0.3 is 4.57 Å². The summed E-state index contributed by atoms with van der Waals surface area (Å²) < 4.78 is 4.68. The molecule has 2 heterocycles. The molecule has 0 N–H and O–H groups in total. The van der Waals surface area contributed by atoms with E-state index in [1.165, 1.54) is 16.9 Å². The van der Waals surface area contributed by atoms with E-state index in [1.807, 2.05) is 30.5 Å². The molecular formula is C19H20N4OS. The van der Waals surface area contributed by atoms with E-state index in [0.29, 0.717) is 11.3 Å². The number of terminal acetylenes is 1. The fraction of sp³-hybridized carbons (Fsp3) is 0.316. The number of fused-ring (bicyclic) bond motifs is 1. The van der Waals surface area contributed by atoms with E-state index >= 15 is 0 Å². The highest BCUT2D eigenvalue weighted by atomic mass is 32.1. The lowest BCUT2D eigenvalue weighted by Crippen LogP contribution is -2.19. The van der Waals surface area contributed by atoms with E-state index in [0.717, 1.165) is 28.0 Å². The zero-order chi connectivity index (χ0) is 18.0. The van der Waals surface area contributed by atoms with Gasteiger partial charge in [-0.1, -0.05) is 30.2 Å². The van der Waals surface area contributed by atoms with Crippen molar-refractivity contribution in [1.82, 2.24) is 14.3 Å². The second-order valence-electron chi connectivity index (χ2n) is 5.92. The summed E-state index contributed by atoms with van der Waals surface area (Å²) in [5.74, 6) is 2.41. The molecule has 6 heteroatoms. The van der Waals surface area contributed by atoms with Gasteiger partial charge in [0, 0.05) is 5.69 Å². The minimum atomic E-state index is -0.237. The van der Waals surface area contributed by atoms with Crippen molar-refractivity contribution in [2.75, 3.05) is 0 Å². The van der Waals surface area contributed by atoms with Crippen molar-refractivity contribution in [2.45, 2.75) is 40.3 Å². The molecule has 0 atom stereocenters. The van der Waals surface area contributed by atoms with Crippen LogP contribution >= 0.6 is 11.3 Å². The molecule has 2 aromatic heterocycles. The molecule has 0 aliphatic heterocycles. The number of amides is 1. The van der Waals surface area contributed by atoms with E-state index < -0.39 is 0 Å². The SMILES string of the molecule is C#CCn1c(=NC(=O)Cn2nc(C)cc2C)sc2cc(CC)ccc21. The topological polar surface area (TPSA) is 52.2 Å². The predicted molar refractivity (Wildman–Crippen MR) is 100 cm³/mol. The lowest BCUT2D eigenvalue weighted by molar-refractivity contribution is -0.118. The monoisotopic (exact) mass is 352 g/mol. The molecule has 3 aromatic rings. The van der Waals surface area contributed by atoms with E-state index in [4.69, 9.17) is 6.42 Å². The summed E-state index contributed by atoms with van der Waals surface area (Å²) in [7, 11) is 0. The summed E-state index contributed by atoms with van der Waals surface area (Å²) >= 11 is 1.49. The Labute approximate surface area is 150 Å². The van der Waals surface area contributed by atoms with E-state index in [9.17, 15) is 4.79 Å². The van der Waals surface area contributed by atoms with Crippen molar-refractivity contribution in [3.63, 3.8) is 0 Å². The maximum absolute atomic E-state index is 12.4. The fourth-order valence-corrected chi connectivity index (χ4v) is 3.88. The van der Waals surface area contributed by atoms with E-state index in [2.05, 4.69) is 35.1 Å². The highest BCUT2D eigenvalue weighted by Crippen LogP contribution is 2.19. The molecule has 0 unspecified atom stereocenters. The van der Waals surface area contributed by atoms with Gasteiger partial charge in [-0.05, 0) is 44.0 Å². The Kier molecular flexibility index (Phi) is 4.86. The molecule has 0 aliphatic carbocycles. The van der Waals surface area contributed by atoms with Gasteiger partial charge >= 0.3 is 0 Å². The quantitative estimate of drug-likeness (QED) is 0.678. The number of nitrogens with zero attached hydrogens (tertiary/aromatic N) is 4. The van der Waals surface area contributed by atoms with Crippen LogP contribution in [0.2, 0.25) is 0 Å². The highest BCUT2D eigenvalue weighted by Gasteiger charge is 2.10. The Morgan fingerprint density at radius 2 is 2.16 bits per heavy atom. The second-order valence-corrected chi connectivity index (χ2v) is 6.93. The van der Waals surface area contributed by atoms with Crippen molar-refractivity contribution in [3.8, 4) is 12.3 Å². The van der Waals surface area contributed by atoms with Gasteiger partial charge in [0.25, 0.3) is 5.91 Å². The molecule has 1 amide bonds. The Morgan fingerprint density at radius 1 is 1.36 bits per heavy atom. The van der Waals surface area contributed by atoms with Crippen LogP contribution in [0.3, 0.4) is 0 Å². The standard InChI is InChI=1S/C19H20N4OS/c1-5-9-22-16-8-7-15(6-2)11-17(16)25-19(22)20-18(24)12-23-14(4)10-13(3)21-23/h1,7-8,10-11H,6,9,12H2,2-4H3. The number of hydrogen-bond acceptors (Lipinski definition) is 3.